The summed E-state index contributed by atoms with van der Waals surface area (Å²) < 4.78 is 4.55. The monoisotopic (exact) mass is 351 g/mol. The molecule has 2 aromatic rings. The molecule has 1 heterocycles. The molecule has 8 heteroatoms. The van der Waals surface area contributed by atoms with Crippen molar-refractivity contribution < 1.29 is 14.3 Å². The third-order valence-corrected chi connectivity index (χ3v) is 5.01. The van der Waals surface area contributed by atoms with E-state index in [4.69, 9.17) is 0 Å². The van der Waals surface area contributed by atoms with Crippen LogP contribution in [0.1, 0.15) is 12.5 Å². The number of esters is 1. The van der Waals surface area contributed by atoms with Gasteiger partial charge in [-0.2, -0.15) is 0 Å². The van der Waals surface area contributed by atoms with Gasteiger partial charge in [-0.15, -0.1) is 22.0 Å². The molecule has 122 valence electrons. The fourth-order valence-electron chi connectivity index (χ4n) is 1.62. The number of aryl methyl sites for hydroxylation is 1. The van der Waals surface area contributed by atoms with E-state index in [0.29, 0.717) is 5.13 Å². The Morgan fingerprint density at radius 3 is 2.65 bits per heavy atom. The van der Waals surface area contributed by atoms with E-state index in [1.807, 2.05) is 31.2 Å². The van der Waals surface area contributed by atoms with Gasteiger partial charge in [0, 0.05) is 5.56 Å². The van der Waals surface area contributed by atoms with E-state index in [1.54, 1.807) is 6.92 Å². The van der Waals surface area contributed by atoms with Crippen molar-refractivity contribution in [3.8, 4) is 10.6 Å². The molecule has 1 aromatic heterocycles. The molecule has 1 amide bonds. The minimum Gasteiger partial charge on any atom is -0.468 e. The van der Waals surface area contributed by atoms with Crippen molar-refractivity contribution in [1.82, 2.24) is 10.2 Å². The van der Waals surface area contributed by atoms with Crippen molar-refractivity contribution in [2.75, 3.05) is 18.2 Å². The first-order valence-corrected chi connectivity index (χ1v) is 8.76. The van der Waals surface area contributed by atoms with E-state index in [1.165, 1.54) is 35.8 Å². The summed E-state index contributed by atoms with van der Waals surface area (Å²) in [7, 11) is 1.32. The molecule has 0 fully saturated rings. The largest absolute Gasteiger partial charge is 0.468 e. The molecular formula is C15H17N3O3S2. The summed E-state index contributed by atoms with van der Waals surface area (Å²) in [6, 6.07) is 7.94. The third kappa shape index (κ3) is 5.04. The Morgan fingerprint density at radius 1 is 1.30 bits per heavy atom. The lowest BCUT2D eigenvalue weighted by molar-refractivity contribution is -0.137. The molecule has 1 aromatic carbocycles. The molecule has 0 saturated heterocycles. The number of ether oxygens (including phenoxy) is 1. The molecule has 0 unspecified atom stereocenters. The maximum absolute atomic E-state index is 12.1. The molecule has 6 nitrogen and oxygen atoms in total. The quantitative estimate of drug-likeness (QED) is 0.806. The van der Waals surface area contributed by atoms with Crippen LogP contribution in [-0.4, -0.2) is 40.2 Å². The Labute approximate surface area is 142 Å². The first-order valence-electron chi connectivity index (χ1n) is 6.89. The summed E-state index contributed by atoms with van der Waals surface area (Å²) in [4.78, 5) is 23.1. The number of hydrogen-bond donors (Lipinski definition) is 1. The van der Waals surface area contributed by atoms with Crippen LogP contribution in [0.3, 0.4) is 0 Å². The number of carbonyl (C=O) groups is 2. The smallest absolute Gasteiger partial charge is 0.315 e. The Balaban J connectivity index is 1.94. The number of methoxy groups -OCH3 is 1. The number of aromatic nitrogens is 2. The first kappa shape index (κ1) is 17.4. The number of rotatable bonds is 6. The average Bonchev–Trinajstić information content (AvgIpc) is 3.01. The van der Waals surface area contributed by atoms with Crippen molar-refractivity contribution in [2.45, 2.75) is 19.1 Å². The third-order valence-electron chi connectivity index (χ3n) is 3.00. The molecule has 2 rings (SSSR count). The van der Waals surface area contributed by atoms with Crippen molar-refractivity contribution in [3.63, 3.8) is 0 Å². The predicted octanol–water partition coefficient (Wildman–Crippen LogP) is 2.75. The molecular weight excluding hydrogens is 334 g/mol. The zero-order chi connectivity index (χ0) is 16.8. The second-order valence-corrected chi connectivity index (χ2v) is 7.10. The second-order valence-electron chi connectivity index (χ2n) is 4.80. The van der Waals surface area contributed by atoms with E-state index in [9.17, 15) is 9.59 Å². The molecule has 1 N–H and O–H groups in total. The van der Waals surface area contributed by atoms with Crippen LogP contribution in [0, 0.1) is 6.92 Å². The van der Waals surface area contributed by atoms with Crippen molar-refractivity contribution >= 4 is 40.1 Å². The molecule has 1 atom stereocenters. The zero-order valence-corrected chi connectivity index (χ0v) is 14.7. The maximum Gasteiger partial charge on any atom is 0.315 e. The van der Waals surface area contributed by atoms with Crippen LogP contribution in [-0.2, 0) is 14.3 Å². The van der Waals surface area contributed by atoms with Crippen molar-refractivity contribution in [1.29, 1.82) is 0 Å². The van der Waals surface area contributed by atoms with E-state index in [-0.39, 0.29) is 22.9 Å². The minimum atomic E-state index is -0.388. The summed E-state index contributed by atoms with van der Waals surface area (Å²) in [5.74, 6) is -0.437. The van der Waals surface area contributed by atoms with Crippen molar-refractivity contribution in [2.24, 2.45) is 0 Å². The van der Waals surface area contributed by atoms with Gasteiger partial charge >= 0.3 is 5.97 Å². The van der Waals surface area contributed by atoms with Crippen LogP contribution < -0.4 is 5.32 Å². The second kappa shape index (κ2) is 8.07. The number of amides is 1. The molecule has 0 aliphatic carbocycles. The lowest BCUT2D eigenvalue weighted by Crippen LogP contribution is -2.23. The summed E-state index contributed by atoms with van der Waals surface area (Å²) in [6.07, 6.45) is 0. The van der Waals surface area contributed by atoms with E-state index in [0.717, 1.165) is 10.6 Å². The highest BCUT2D eigenvalue weighted by atomic mass is 32.2. The van der Waals surface area contributed by atoms with Crippen molar-refractivity contribution in [3.05, 3.63) is 29.8 Å². The van der Waals surface area contributed by atoms with Gasteiger partial charge in [0.05, 0.1) is 18.1 Å². The number of anilines is 1. The van der Waals surface area contributed by atoms with Gasteiger partial charge in [0.1, 0.15) is 5.01 Å². The van der Waals surface area contributed by atoms with Gasteiger partial charge in [0.2, 0.25) is 11.0 Å². The molecule has 0 saturated carbocycles. The van der Waals surface area contributed by atoms with Crippen LogP contribution in [0.2, 0.25) is 0 Å². The molecule has 23 heavy (non-hydrogen) atoms. The van der Waals surface area contributed by atoms with Gasteiger partial charge in [-0.3, -0.25) is 14.9 Å². The molecule has 0 aliphatic rings. The zero-order valence-electron chi connectivity index (χ0n) is 13.0. The summed E-state index contributed by atoms with van der Waals surface area (Å²) in [5, 5.41) is 11.6. The van der Waals surface area contributed by atoms with Gasteiger partial charge < -0.3 is 4.74 Å². The lowest BCUT2D eigenvalue weighted by atomic mass is 10.2. The number of thioether (sulfide) groups is 1. The van der Waals surface area contributed by atoms with Gasteiger partial charge in [0.15, 0.2) is 0 Å². The number of hydrogen-bond acceptors (Lipinski definition) is 7. The first-order chi connectivity index (χ1) is 11.0. The van der Waals surface area contributed by atoms with E-state index in [2.05, 4.69) is 20.3 Å². The molecule has 0 radical (unpaired) electrons. The Bertz CT molecular complexity index is 686. The Hall–Kier alpha value is -1.93. The Kier molecular flexibility index (Phi) is 6.12. The number of benzene rings is 1. The fourth-order valence-corrected chi connectivity index (χ4v) is 3.09. The van der Waals surface area contributed by atoms with Crippen LogP contribution in [0.4, 0.5) is 5.13 Å². The SMILES string of the molecule is COC(=O)CS[C@@H](C)C(=O)Nc1nnc(-c2ccc(C)cc2)s1. The molecule has 0 spiro atoms. The highest BCUT2D eigenvalue weighted by Gasteiger charge is 2.17. The number of nitrogens with one attached hydrogen (secondary N) is 1. The normalized spacial score (nSPS) is 11.8. The van der Waals surface area contributed by atoms with Crippen LogP contribution in [0.15, 0.2) is 24.3 Å². The summed E-state index contributed by atoms with van der Waals surface area (Å²) in [6.45, 7) is 3.74. The molecule has 0 bridgehead atoms. The van der Waals surface area contributed by atoms with Gasteiger partial charge in [-0.25, -0.2) is 0 Å². The number of nitrogens with zero attached hydrogens (tertiary/aromatic N) is 2. The van der Waals surface area contributed by atoms with Gasteiger partial charge in [0.25, 0.3) is 0 Å². The van der Waals surface area contributed by atoms with Crippen LogP contribution in [0.25, 0.3) is 10.6 Å². The predicted molar refractivity (Wildman–Crippen MR) is 92.6 cm³/mol. The topological polar surface area (TPSA) is 81.2 Å². The maximum atomic E-state index is 12.1. The fraction of sp³-hybridized carbons (Fsp3) is 0.333. The summed E-state index contributed by atoms with van der Waals surface area (Å²) >= 11 is 2.52. The van der Waals surface area contributed by atoms with Crippen LogP contribution >= 0.6 is 23.1 Å². The molecule has 0 aliphatic heterocycles. The average molecular weight is 351 g/mol. The minimum absolute atomic E-state index is 0.135. The Morgan fingerprint density at radius 2 is 2.00 bits per heavy atom. The van der Waals surface area contributed by atoms with Gasteiger partial charge in [-0.05, 0) is 13.8 Å². The lowest BCUT2D eigenvalue weighted by Gasteiger charge is -2.08. The summed E-state index contributed by atoms with van der Waals surface area (Å²) in [5.41, 5.74) is 2.13. The highest BCUT2D eigenvalue weighted by molar-refractivity contribution is 8.01. The van der Waals surface area contributed by atoms with E-state index < -0.39 is 0 Å². The van der Waals surface area contributed by atoms with Crippen LogP contribution in [0.5, 0.6) is 0 Å². The highest BCUT2D eigenvalue weighted by Crippen LogP contribution is 2.27. The van der Waals surface area contributed by atoms with Gasteiger partial charge in [-0.1, -0.05) is 41.2 Å². The standard InChI is InChI=1S/C15H17N3O3S2/c1-9-4-6-11(7-5-9)14-17-18-15(23-14)16-13(20)10(2)22-8-12(19)21-3/h4-7,10H,8H2,1-3H3,(H,16,18,20)/t10-/m0/s1. The number of carbonyl (C=O) groups excluding carboxylic acids is 2. The van der Waals surface area contributed by atoms with E-state index >= 15 is 0 Å².